The van der Waals surface area contributed by atoms with Crippen molar-refractivity contribution in [2.45, 2.75) is 12.8 Å². The van der Waals surface area contributed by atoms with Gasteiger partial charge in [-0.3, -0.25) is 5.41 Å². The van der Waals surface area contributed by atoms with Crippen molar-refractivity contribution in [3.05, 3.63) is 65.2 Å². The Balaban J connectivity index is 1.89. The van der Waals surface area contributed by atoms with E-state index in [4.69, 9.17) is 11.1 Å². The highest BCUT2D eigenvalue weighted by molar-refractivity contribution is 6.00. The van der Waals surface area contributed by atoms with Gasteiger partial charge in [0.15, 0.2) is 0 Å². The van der Waals surface area contributed by atoms with Crippen LogP contribution in [0.4, 0.5) is 5.69 Å². The predicted molar refractivity (Wildman–Crippen MR) is 83.5 cm³/mol. The van der Waals surface area contributed by atoms with Gasteiger partial charge in [-0.25, -0.2) is 0 Å². The lowest BCUT2D eigenvalue weighted by Crippen LogP contribution is -2.28. The van der Waals surface area contributed by atoms with Gasteiger partial charge in [0.1, 0.15) is 5.84 Å². The normalized spacial score (nSPS) is 14.5. The van der Waals surface area contributed by atoms with Crippen molar-refractivity contribution in [2.75, 3.05) is 18.0 Å². The Bertz CT molecular complexity index is 607. The molecule has 1 aliphatic heterocycles. The summed E-state index contributed by atoms with van der Waals surface area (Å²) in [6.45, 7) is 1.95. The summed E-state index contributed by atoms with van der Waals surface area (Å²) in [5.41, 5.74) is 10.5. The first kappa shape index (κ1) is 12.7. The number of amidine groups is 1. The summed E-state index contributed by atoms with van der Waals surface area (Å²) in [4.78, 5) is 2.34. The number of anilines is 1. The molecular formula is C17H19N3. The van der Waals surface area contributed by atoms with Gasteiger partial charge in [0, 0.05) is 24.3 Å². The SMILES string of the molecule is N=C(N)c1ccccc1N1CCc2ccccc2CC1. The van der Waals surface area contributed by atoms with Gasteiger partial charge >= 0.3 is 0 Å². The fourth-order valence-corrected chi connectivity index (χ4v) is 2.89. The minimum absolute atomic E-state index is 0.141. The Hall–Kier alpha value is -2.29. The second kappa shape index (κ2) is 5.37. The zero-order valence-corrected chi connectivity index (χ0v) is 11.5. The van der Waals surface area contributed by atoms with Crippen LogP contribution in [0.5, 0.6) is 0 Å². The number of hydrogen-bond donors (Lipinski definition) is 2. The molecule has 0 radical (unpaired) electrons. The lowest BCUT2D eigenvalue weighted by Gasteiger charge is -2.25. The molecule has 0 saturated heterocycles. The van der Waals surface area contributed by atoms with Crippen molar-refractivity contribution >= 4 is 11.5 Å². The van der Waals surface area contributed by atoms with E-state index in [-0.39, 0.29) is 5.84 Å². The third-order valence-corrected chi connectivity index (χ3v) is 3.96. The summed E-state index contributed by atoms with van der Waals surface area (Å²) in [5, 5.41) is 7.73. The van der Waals surface area contributed by atoms with Crippen molar-refractivity contribution in [1.82, 2.24) is 0 Å². The number of nitrogens with one attached hydrogen (secondary N) is 1. The fourth-order valence-electron chi connectivity index (χ4n) is 2.89. The summed E-state index contributed by atoms with van der Waals surface area (Å²) in [5.74, 6) is 0.141. The molecule has 3 N–H and O–H groups in total. The molecule has 1 aliphatic rings. The molecule has 0 spiro atoms. The third kappa shape index (κ3) is 2.39. The van der Waals surface area contributed by atoms with Gasteiger partial charge in [-0.2, -0.15) is 0 Å². The van der Waals surface area contributed by atoms with E-state index in [1.807, 2.05) is 18.2 Å². The maximum atomic E-state index is 7.73. The topological polar surface area (TPSA) is 53.1 Å². The molecule has 0 amide bonds. The maximum Gasteiger partial charge on any atom is 0.124 e. The number of fused-ring (bicyclic) bond motifs is 1. The number of benzene rings is 2. The largest absolute Gasteiger partial charge is 0.384 e. The van der Waals surface area contributed by atoms with Crippen LogP contribution < -0.4 is 10.6 Å². The molecule has 0 fully saturated rings. The van der Waals surface area contributed by atoms with Crippen molar-refractivity contribution in [2.24, 2.45) is 5.73 Å². The van der Waals surface area contributed by atoms with E-state index in [1.54, 1.807) is 0 Å². The van der Waals surface area contributed by atoms with Crippen LogP contribution in [0.25, 0.3) is 0 Å². The van der Waals surface area contributed by atoms with Crippen molar-refractivity contribution in [3.8, 4) is 0 Å². The van der Waals surface area contributed by atoms with Crippen molar-refractivity contribution in [3.63, 3.8) is 0 Å². The van der Waals surface area contributed by atoms with E-state index in [2.05, 4.69) is 35.2 Å². The maximum absolute atomic E-state index is 7.73. The van der Waals surface area contributed by atoms with Gasteiger partial charge in [0.05, 0.1) is 0 Å². The van der Waals surface area contributed by atoms with Crippen LogP contribution in [0.3, 0.4) is 0 Å². The highest BCUT2D eigenvalue weighted by atomic mass is 15.1. The van der Waals surface area contributed by atoms with Crippen LogP contribution in [0.1, 0.15) is 16.7 Å². The summed E-state index contributed by atoms with van der Waals surface area (Å²) in [6, 6.07) is 16.6. The van der Waals surface area contributed by atoms with E-state index in [0.29, 0.717) is 0 Å². The monoisotopic (exact) mass is 265 g/mol. The number of rotatable bonds is 2. The first-order valence-corrected chi connectivity index (χ1v) is 7.01. The quantitative estimate of drug-likeness (QED) is 0.647. The zero-order chi connectivity index (χ0) is 13.9. The second-order valence-corrected chi connectivity index (χ2v) is 5.19. The van der Waals surface area contributed by atoms with E-state index in [9.17, 15) is 0 Å². The Labute approximate surface area is 119 Å². The predicted octanol–water partition coefficient (Wildman–Crippen LogP) is 2.58. The van der Waals surface area contributed by atoms with Gasteiger partial charge in [0.2, 0.25) is 0 Å². The smallest absolute Gasteiger partial charge is 0.124 e. The molecular weight excluding hydrogens is 246 g/mol. The molecule has 0 atom stereocenters. The summed E-state index contributed by atoms with van der Waals surface area (Å²) in [7, 11) is 0. The van der Waals surface area contributed by atoms with E-state index in [0.717, 1.165) is 37.2 Å². The third-order valence-electron chi connectivity index (χ3n) is 3.96. The van der Waals surface area contributed by atoms with Crippen molar-refractivity contribution < 1.29 is 0 Å². The first-order valence-electron chi connectivity index (χ1n) is 7.01. The molecule has 2 aromatic carbocycles. The zero-order valence-electron chi connectivity index (χ0n) is 11.5. The van der Waals surface area contributed by atoms with Crippen LogP contribution in [-0.2, 0) is 12.8 Å². The Morgan fingerprint density at radius 1 is 0.900 bits per heavy atom. The number of nitrogens with two attached hydrogens (primary N) is 1. The molecule has 2 aromatic rings. The lowest BCUT2D eigenvalue weighted by atomic mass is 10.0. The van der Waals surface area contributed by atoms with Gasteiger partial charge in [0.25, 0.3) is 0 Å². The average Bonchev–Trinajstić information content (AvgIpc) is 2.70. The standard InChI is InChI=1S/C17H19N3/c18-17(19)15-7-3-4-8-16(15)20-11-9-13-5-1-2-6-14(13)10-12-20/h1-8H,9-12H2,(H3,18,19). The minimum Gasteiger partial charge on any atom is -0.384 e. The molecule has 3 nitrogen and oxygen atoms in total. The molecule has 3 rings (SSSR count). The molecule has 0 saturated carbocycles. The van der Waals surface area contributed by atoms with Crippen molar-refractivity contribution in [1.29, 1.82) is 5.41 Å². The van der Waals surface area contributed by atoms with E-state index >= 15 is 0 Å². The second-order valence-electron chi connectivity index (χ2n) is 5.19. The summed E-state index contributed by atoms with van der Waals surface area (Å²) in [6.07, 6.45) is 2.09. The number of nitrogens with zero attached hydrogens (tertiary/aromatic N) is 1. The highest BCUT2D eigenvalue weighted by Crippen LogP contribution is 2.24. The van der Waals surface area contributed by atoms with Gasteiger partial charge in [-0.1, -0.05) is 36.4 Å². The van der Waals surface area contributed by atoms with E-state index < -0.39 is 0 Å². The number of nitrogen functional groups attached to an aromatic ring is 1. The van der Waals surface area contributed by atoms with Crippen LogP contribution in [0.15, 0.2) is 48.5 Å². The Morgan fingerprint density at radius 3 is 2.05 bits per heavy atom. The fraction of sp³-hybridized carbons (Fsp3) is 0.235. The Kier molecular flexibility index (Phi) is 3.42. The molecule has 0 unspecified atom stereocenters. The van der Waals surface area contributed by atoms with Crippen LogP contribution in [0.2, 0.25) is 0 Å². The average molecular weight is 265 g/mol. The molecule has 0 bridgehead atoms. The molecule has 1 heterocycles. The first-order chi connectivity index (χ1) is 9.75. The van der Waals surface area contributed by atoms with Gasteiger partial charge in [-0.05, 0) is 36.1 Å². The van der Waals surface area contributed by atoms with Crippen LogP contribution in [-0.4, -0.2) is 18.9 Å². The number of para-hydroxylation sites is 1. The highest BCUT2D eigenvalue weighted by Gasteiger charge is 2.16. The molecule has 20 heavy (non-hydrogen) atoms. The Morgan fingerprint density at radius 2 is 1.45 bits per heavy atom. The lowest BCUT2D eigenvalue weighted by molar-refractivity contribution is 0.805. The minimum atomic E-state index is 0.141. The molecule has 3 heteroatoms. The molecule has 0 aliphatic carbocycles. The van der Waals surface area contributed by atoms with Gasteiger partial charge < -0.3 is 10.6 Å². The molecule has 0 aromatic heterocycles. The number of hydrogen-bond acceptors (Lipinski definition) is 2. The van der Waals surface area contributed by atoms with Crippen LogP contribution >= 0.6 is 0 Å². The summed E-state index contributed by atoms with van der Waals surface area (Å²) < 4.78 is 0. The molecule has 102 valence electrons. The van der Waals surface area contributed by atoms with E-state index in [1.165, 1.54) is 11.1 Å². The van der Waals surface area contributed by atoms with Gasteiger partial charge in [-0.15, -0.1) is 0 Å². The summed E-state index contributed by atoms with van der Waals surface area (Å²) >= 11 is 0. The van der Waals surface area contributed by atoms with Crippen LogP contribution in [0, 0.1) is 5.41 Å².